The maximum atomic E-state index is 14.6. The molecule has 0 aromatic heterocycles. The quantitative estimate of drug-likeness (QED) is 0.115. The molecule has 0 aliphatic heterocycles. The molecule has 0 spiro atoms. The molecular weight excluding hydrogens is 1090 g/mol. The van der Waals surface area contributed by atoms with Crippen LogP contribution in [0.15, 0.2) is 58.5 Å². The molecule has 0 saturated heterocycles. The van der Waals surface area contributed by atoms with Crippen LogP contribution in [0.4, 0.5) is 143 Å². The lowest BCUT2D eigenvalue weighted by Gasteiger charge is -2.41. The van der Waals surface area contributed by atoms with Gasteiger partial charge in [0.1, 0.15) is 0 Å². The van der Waals surface area contributed by atoms with E-state index in [1.54, 1.807) is 0 Å². The number of amides is 2. The number of para-hydroxylation sites is 2. The summed E-state index contributed by atoms with van der Waals surface area (Å²) >= 11 is 0. The van der Waals surface area contributed by atoms with Gasteiger partial charge in [0.15, 0.2) is 0 Å². The van der Waals surface area contributed by atoms with Crippen molar-refractivity contribution in [1.29, 1.82) is 0 Å². The average molecular weight is 1110 g/mol. The standard InChI is InChI=1S/C36H22F30N4O2/c37-23(38,25(41,42)27(45,46)29(49,50)31(53,54)33(57,58)35(61,62)63)21(71)69-17-9-3-1-7-15(17)13-67-19-11-5-6-12-20(19)68-14-16-8-2-4-10-18(16)70-22(72)24(39,40)26(43,44)28(47,48)30(51,52)32(55,56)34(59,60)36(64,65)66/h1-4,7-10,13-14,19-20H,5-6,11-12H2,(H,69,71)(H,70,72)/t19-,20-/m1/s1. The van der Waals surface area contributed by atoms with E-state index in [0.29, 0.717) is 24.6 Å². The molecule has 2 aromatic rings. The second-order valence-electron chi connectivity index (χ2n) is 14.9. The van der Waals surface area contributed by atoms with Crippen molar-refractivity contribution in [2.75, 3.05) is 10.6 Å². The van der Waals surface area contributed by atoms with Crippen LogP contribution in [-0.2, 0) is 9.59 Å². The highest BCUT2D eigenvalue weighted by Crippen LogP contribution is 2.64. The number of halogens is 30. The van der Waals surface area contributed by atoms with E-state index in [0.717, 1.165) is 47.0 Å². The first-order valence-corrected chi connectivity index (χ1v) is 18.5. The number of hydrogen-bond acceptors (Lipinski definition) is 4. The fourth-order valence-corrected chi connectivity index (χ4v) is 5.86. The summed E-state index contributed by atoms with van der Waals surface area (Å²) in [6.45, 7) is 0. The van der Waals surface area contributed by atoms with Crippen molar-refractivity contribution in [1.82, 2.24) is 0 Å². The molecule has 2 atom stereocenters. The summed E-state index contributed by atoms with van der Waals surface area (Å²) in [5.41, 5.74) is -3.91. The van der Waals surface area contributed by atoms with Gasteiger partial charge in [0.05, 0.1) is 12.1 Å². The van der Waals surface area contributed by atoms with Crippen molar-refractivity contribution in [2.45, 2.75) is 121 Å². The summed E-state index contributed by atoms with van der Waals surface area (Å²) in [6.07, 6.45) is -14.5. The van der Waals surface area contributed by atoms with Crippen molar-refractivity contribution in [3.8, 4) is 0 Å². The lowest BCUT2D eigenvalue weighted by atomic mass is 9.90. The van der Waals surface area contributed by atoms with Gasteiger partial charge in [-0.3, -0.25) is 19.6 Å². The molecule has 2 aromatic carbocycles. The predicted molar refractivity (Wildman–Crippen MR) is 183 cm³/mol. The van der Waals surface area contributed by atoms with E-state index < -0.39 is 130 Å². The number of aliphatic imine (C=N–C) groups is 2. The molecule has 1 aliphatic carbocycles. The number of carbonyl (C=O) groups excluding carboxylic acids is 2. The zero-order valence-corrected chi connectivity index (χ0v) is 33.8. The van der Waals surface area contributed by atoms with Crippen molar-refractivity contribution in [2.24, 2.45) is 9.98 Å². The van der Waals surface area contributed by atoms with Crippen LogP contribution < -0.4 is 10.6 Å². The number of carbonyl (C=O) groups is 2. The third-order valence-corrected chi connectivity index (χ3v) is 10.1. The van der Waals surface area contributed by atoms with E-state index in [9.17, 15) is 141 Å². The van der Waals surface area contributed by atoms with Gasteiger partial charge in [-0.15, -0.1) is 0 Å². The Morgan fingerprint density at radius 2 is 0.611 bits per heavy atom. The minimum Gasteiger partial charge on any atom is -0.320 e. The number of alkyl halides is 30. The van der Waals surface area contributed by atoms with Crippen LogP contribution in [-0.4, -0.2) is 120 Å². The second-order valence-corrected chi connectivity index (χ2v) is 14.9. The normalized spacial score (nSPS) is 18.5. The number of nitrogens with one attached hydrogen (secondary N) is 2. The van der Waals surface area contributed by atoms with E-state index in [1.165, 1.54) is 0 Å². The fourth-order valence-electron chi connectivity index (χ4n) is 5.86. The third kappa shape index (κ3) is 9.54. The molecule has 0 radical (unpaired) electrons. The number of anilines is 2. The molecule has 1 saturated carbocycles. The Morgan fingerprint density at radius 1 is 0.375 bits per heavy atom. The first kappa shape index (κ1) is 60.9. The molecule has 1 fully saturated rings. The van der Waals surface area contributed by atoms with Gasteiger partial charge in [0, 0.05) is 34.9 Å². The minimum atomic E-state index is -8.70. The van der Waals surface area contributed by atoms with Crippen molar-refractivity contribution < 1.29 is 141 Å². The van der Waals surface area contributed by atoms with Crippen molar-refractivity contribution in [3.05, 3.63) is 59.7 Å². The van der Waals surface area contributed by atoms with E-state index in [4.69, 9.17) is 0 Å². The first-order valence-electron chi connectivity index (χ1n) is 18.5. The number of nitrogens with zero attached hydrogens (tertiary/aromatic N) is 2. The fraction of sp³-hybridized carbons (Fsp3) is 0.556. The first-order chi connectivity index (χ1) is 31.9. The van der Waals surface area contributed by atoms with E-state index in [2.05, 4.69) is 9.98 Å². The summed E-state index contributed by atoms with van der Waals surface area (Å²) in [5.74, 6) is -107. The Labute approximate surface area is 378 Å². The Balaban J connectivity index is 1.92. The van der Waals surface area contributed by atoms with Gasteiger partial charge in [0.2, 0.25) is 0 Å². The average Bonchev–Trinajstić information content (AvgIpc) is 3.24. The van der Waals surface area contributed by atoms with Gasteiger partial charge < -0.3 is 10.6 Å². The number of benzene rings is 2. The Hall–Kier alpha value is -5.38. The van der Waals surface area contributed by atoms with Crippen LogP contribution in [0.2, 0.25) is 0 Å². The predicted octanol–water partition coefficient (Wildman–Crippen LogP) is 13.2. The van der Waals surface area contributed by atoms with E-state index in [1.807, 2.05) is 0 Å². The number of hydrogen-bond donors (Lipinski definition) is 2. The zero-order valence-electron chi connectivity index (χ0n) is 33.8. The van der Waals surface area contributed by atoms with Gasteiger partial charge in [-0.2, -0.15) is 132 Å². The molecule has 408 valence electrons. The Bertz CT molecular complexity index is 2190. The molecule has 2 amide bonds. The maximum Gasteiger partial charge on any atom is 0.460 e. The smallest absolute Gasteiger partial charge is 0.320 e. The van der Waals surface area contributed by atoms with Crippen LogP contribution in [0.5, 0.6) is 0 Å². The minimum absolute atomic E-state index is 0.106. The lowest BCUT2D eigenvalue weighted by Crippen LogP contribution is -2.73. The van der Waals surface area contributed by atoms with Gasteiger partial charge in [-0.25, -0.2) is 0 Å². The van der Waals surface area contributed by atoms with Crippen LogP contribution in [0, 0.1) is 0 Å². The molecule has 3 rings (SSSR count). The van der Waals surface area contributed by atoms with Crippen LogP contribution in [0.25, 0.3) is 0 Å². The monoisotopic (exact) mass is 1110 g/mol. The highest BCUT2D eigenvalue weighted by atomic mass is 19.4. The summed E-state index contributed by atoms with van der Waals surface area (Å²) in [6, 6.07) is 3.24. The molecule has 2 N–H and O–H groups in total. The molecule has 0 unspecified atom stereocenters. The van der Waals surface area contributed by atoms with Crippen molar-refractivity contribution in [3.63, 3.8) is 0 Å². The molecule has 0 bridgehead atoms. The van der Waals surface area contributed by atoms with Gasteiger partial charge in [0.25, 0.3) is 0 Å². The zero-order chi connectivity index (χ0) is 56.3. The van der Waals surface area contributed by atoms with E-state index >= 15 is 0 Å². The second kappa shape index (κ2) is 18.8. The SMILES string of the molecule is O=C(Nc1ccccc1C=N[C@@H]1CCCC[C@H]1N=Cc1ccccc1NC(=O)C(F)(F)C(F)(F)C(F)(F)C(F)(F)C(F)(F)C(F)(F)C(F)(F)F)C(F)(F)C(F)(F)C(F)(F)C(F)(F)C(F)(F)C(F)(F)C(F)(F)F. The largest absolute Gasteiger partial charge is 0.460 e. The summed E-state index contributed by atoms with van der Waals surface area (Å²) in [4.78, 5) is 32.3. The van der Waals surface area contributed by atoms with Gasteiger partial charge in [-0.05, 0) is 25.0 Å². The highest BCUT2D eigenvalue weighted by Gasteiger charge is 2.95. The lowest BCUT2D eigenvalue weighted by molar-refractivity contribution is -0.449. The van der Waals surface area contributed by atoms with Crippen molar-refractivity contribution >= 4 is 35.6 Å². The van der Waals surface area contributed by atoms with Crippen LogP contribution in [0.1, 0.15) is 36.8 Å². The highest BCUT2D eigenvalue weighted by molar-refractivity contribution is 6.02. The van der Waals surface area contributed by atoms with E-state index in [-0.39, 0.29) is 25.7 Å². The number of rotatable bonds is 18. The summed E-state index contributed by atoms with van der Waals surface area (Å²) in [7, 11) is 0. The molecule has 72 heavy (non-hydrogen) atoms. The molecule has 1 aliphatic rings. The molecular formula is C36H22F30N4O2. The van der Waals surface area contributed by atoms with Crippen LogP contribution >= 0.6 is 0 Å². The molecule has 36 heteroatoms. The third-order valence-electron chi connectivity index (χ3n) is 10.1. The topological polar surface area (TPSA) is 82.9 Å². The Morgan fingerprint density at radius 3 is 0.875 bits per heavy atom. The molecule has 0 heterocycles. The molecule has 6 nitrogen and oxygen atoms in total. The van der Waals surface area contributed by atoms with Gasteiger partial charge >= 0.3 is 95.2 Å². The Kier molecular flexibility index (Phi) is 15.9. The van der Waals surface area contributed by atoms with Crippen LogP contribution in [0.3, 0.4) is 0 Å². The van der Waals surface area contributed by atoms with Gasteiger partial charge in [-0.1, -0.05) is 49.2 Å². The summed E-state index contributed by atoms with van der Waals surface area (Å²) < 4.78 is 410. The summed E-state index contributed by atoms with van der Waals surface area (Å²) in [5, 5.41) is 1.59. The maximum absolute atomic E-state index is 14.6.